The van der Waals surface area contributed by atoms with Gasteiger partial charge in [-0.15, -0.1) is 0 Å². The number of aliphatic carboxylic acids is 1. The highest BCUT2D eigenvalue weighted by atomic mass is 16.5. The summed E-state index contributed by atoms with van der Waals surface area (Å²) in [6.45, 7) is 2.89. The number of carboxylic acids is 1. The first-order chi connectivity index (χ1) is 16.3. The molecule has 0 amide bonds. The monoisotopic (exact) mass is 467 g/mol. The fourth-order valence-electron chi connectivity index (χ4n) is 4.18. The third kappa shape index (κ3) is 4.60. The van der Waals surface area contributed by atoms with Gasteiger partial charge in [0.05, 0.1) is 29.5 Å². The number of fused-ring (bicyclic) bond motifs is 1. The van der Waals surface area contributed by atoms with Crippen LogP contribution in [0.15, 0.2) is 45.6 Å². The quantitative estimate of drug-likeness (QED) is 0.522. The van der Waals surface area contributed by atoms with Crippen LogP contribution in [-0.2, 0) is 16.1 Å². The molecule has 2 heterocycles. The molecule has 0 bridgehead atoms. The Labute approximate surface area is 195 Å². The Balaban J connectivity index is 1.66. The highest BCUT2D eigenvalue weighted by molar-refractivity contribution is 5.89. The summed E-state index contributed by atoms with van der Waals surface area (Å²) in [4.78, 5) is 38.2. The van der Waals surface area contributed by atoms with Crippen molar-refractivity contribution in [1.82, 2.24) is 4.90 Å². The number of phenolic OH excluding ortho intramolecular Hbond substituents is 1. The van der Waals surface area contributed by atoms with Gasteiger partial charge in [-0.3, -0.25) is 14.5 Å². The Morgan fingerprint density at radius 3 is 2.59 bits per heavy atom. The van der Waals surface area contributed by atoms with E-state index in [0.717, 1.165) is 6.42 Å². The summed E-state index contributed by atoms with van der Waals surface area (Å²) in [5, 5.41) is 20.1. The number of aryl methyl sites for hydroxylation is 1. The minimum atomic E-state index is -0.837. The third-order valence-electron chi connectivity index (χ3n) is 5.99. The van der Waals surface area contributed by atoms with Crippen LogP contribution in [0, 0.1) is 12.8 Å². The molecule has 9 heteroatoms. The smallest absolute Gasteiger partial charge is 0.337 e. The Hall–Kier alpha value is -3.85. The minimum Gasteiger partial charge on any atom is -0.507 e. The lowest BCUT2D eigenvalue weighted by molar-refractivity contribution is -0.143. The van der Waals surface area contributed by atoms with Crippen LogP contribution < -0.4 is 10.2 Å². The highest BCUT2D eigenvalue weighted by Gasteiger charge is 2.27. The average Bonchev–Trinajstić information content (AvgIpc) is 2.83. The van der Waals surface area contributed by atoms with E-state index in [1.807, 2.05) is 4.90 Å². The first kappa shape index (κ1) is 23.3. The maximum atomic E-state index is 13.2. The second-order valence-corrected chi connectivity index (χ2v) is 8.29. The molecule has 1 saturated heterocycles. The predicted molar refractivity (Wildman–Crippen MR) is 122 cm³/mol. The number of esters is 1. The number of nitrogens with zero attached hydrogens (tertiary/aromatic N) is 1. The van der Waals surface area contributed by atoms with Crippen LogP contribution in [-0.4, -0.2) is 47.3 Å². The molecule has 1 aromatic heterocycles. The fraction of sp³-hybridized carbons (Fsp3) is 0.320. The molecule has 34 heavy (non-hydrogen) atoms. The molecule has 178 valence electrons. The van der Waals surface area contributed by atoms with Gasteiger partial charge in [0.25, 0.3) is 0 Å². The summed E-state index contributed by atoms with van der Waals surface area (Å²) in [7, 11) is 1.29. The lowest BCUT2D eigenvalue weighted by atomic mass is 9.97. The van der Waals surface area contributed by atoms with Gasteiger partial charge < -0.3 is 24.1 Å². The van der Waals surface area contributed by atoms with E-state index in [9.17, 15) is 24.6 Å². The zero-order chi connectivity index (χ0) is 24.4. The van der Waals surface area contributed by atoms with Gasteiger partial charge in [0.2, 0.25) is 11.2 Å². The fourth-order valence-corrected chi connectivity index (χ4v) is 4.18. The Bertz CT molecular complexity index is 1290. The Kier molecular flexibility index (Phi) is 6.56. The summed E-state index contributed by atoms with van der Waals surface area (Å²) < 4.78 is 16.4. The van der Waals surface area contributed by atoms with E-state index >= 15 is 0 Å². The van der Waals surface area contributed by atoms with Crippen LogP contribution in [0.5, 0.6) is 17.2 Å². The maximum absolute atomic E-state index is 13.2. The average molecular weight is 467 g/mol. The van der Waals surface area contributed by atoms with Crippen molar-refractivity contribution in [3.63, 3.8) is 0 Å². The predicted octanol–water partition coefficient (Wildman–Crippen LogP) is 3.68. The molecule has 1 aliphatic rings. The van der Waals surface area contributed by atoms with Gasteiger partial charge in [-0.25, -0.2) is 4.79 Å². The third-order valence-corrected chi connectivity index (χ3v) is 5.99. The van der Waals surface area contributed by atoms with Gasteiger partial charge in [-0.1, -0.05) is 0 Å². The number of piperidine rings is 1. The number of carbonyl (C=O) groups is 2. The van der Waals surface area contributed by atoms with Crippen molar-refractivity contribution < 1.29 is 33.7 Å². The number of ether oxygens (including phenoxy) is 2. The van der Waals surface area contributed by atoms with Crippen LogP contribution in [0.4, 0.5) is 0 Å². The van der Waals surface area contributed by atoms with E-state index in [1.165, 1.54) is 31.4 Å². The lowest BCUT2D eigenvalue weighted by Gasteiger charge is -2.30. The van der Waals surface area contributed by atoms with Crippen molar-refractivity contribution in [2.45, 2.75) is 26.3 Å². The zero-order valence-electron chi connectivity index (χ0n) is 18.9. The number of carboxylic acid groups (broad SMARTS) is 1. The summed E-state index contributed by atoms with van der Waals surface area (Å²) >= 11 is 0. The van der Waals surface area contributed by atoms with E-state index in [-0.39, 0.29) is 34.8 Å². The number of aromatic hydroxyl groups is 1. The number of carbonyl (C=O) groups excluding carboxylic acids is 1. The van der Waals surface area contributed by atoms with E-state index in [0.29, 0.717) is 36.4 Å². The van der Waals surface area contributed by atoms with Crippen LogP contribution in [0.25, 0.3) is 11.0 Å². The van der Waals surface area contributed by atoms with Crippen molar-refractivity contribution in [3.05, 3.63) is 63.5 Å². The molecule has 2 aromatic carbocycles. The molecule has 4 rings (SSSR count). The van der Waals surface area contributed by atoms with E-state index in [1.54, 1.807) is 19.1 Å². The Morgan fingerprint density at radius 2 is 1.91 bits per heavy atom. The van der Waals surface area contributed by atoms with E-state index in [2.05, 4.69) is 4.74 Å². The van der Waals surface area contributed by atoms with Gasteiger partial charge in [0.15, 0.2) is 0 Å². The van der Waals surface area contributed by atoms with Crippen LogP contribution >= 0.6 is 0 Å². The first-order valence-electron chi connectivity index (χ1n) is 10.9. The normalized spacial score (nSPS) is 16.4. The number of rotatable bonds is 6. The van der Waals surface area contributed by atoms with Crippen LogP contribution in [0.2, 0.25) is 0 Å². The van der Waals surface area contributed by atoms with E-state index < -0.39 is 23.3 Å². The summed E-state index contributed by atoms with van der Waals surface area (Å²) in [6.07, 6.45) is 1.35. The van der Waals surface area contributed by atoms with Crippen molar-refractivity contribution in [3.8, 4) is 17.2 Å². The number of hydrogen-bond acceptors (Lipinski definition) is 8. The summed E-state index contributed by atoms with van der Waals surface area (Å²) in [5.74, 6) is -1.25. The SMILES string of the molecule is COC(=O)c1ccc(Oc2c(C)oc3c(CN4CCCC(C(=O)O)C4)c(O)ccc3c2=O)cc1. The number of methoxy groups -OCH3 is 1. The molecule has 0 radical (unpaired) electrons. The molecule has 2 N–H and O–H groups in total. The largest absolute Gasteiger partial charge is 0.507 e. The van der Waals surface area contributed by atoms with Crippen LogP contribution in [0.1, 0.15) is 34.5 Å². The Morgan fingerprint density at radius 1 is 1.18 bits per heavy atom. The number of hydrogen-bond donors (Lipinski definition) is 2. The van der Waals surface area contributed by atoms with Gasteiger partial charge in [-0.2, -0.15) is 0 Å². The van der Waals surface area contributed by atoms with Gasteiger partial charge >= 0.3 is 11.9 Å². The molecule has 1 unspecified atom stereocenters. The number of likely N-dealkylation sites (tertiary alicyclic amines) is 1. The van der Waals surface area contributed by atoms with E-state index in [4.69, 9.17) is 9.15 Å². The van der Waals surface area contributed by atoms with Crippen LogP contribution in [0.3, 0.4) is 0 Å². The molecule has 0 aliphatic carbocycles. The minimum absolute atomic E-state index is 0.00104. The molecular weight excluding hydrogens is 442 g/mol. The zero-order valence-corrected chi connectivity index (χ0v) is 18.9. The second-order valence-electron chi connectivity index (χ2n) is 8.29. The van der Waals surface area contributed by atoms with Crippen molar-refractivity contribution >= 4 is 22.9 Å². The van der Waals surface area contributed by atoms with Crippen molar-refractivity contribution in [2.75, 3.05) is 20.2 Å². The number of phenols is 1. The molecule has 1 aliphatic heterocycles. The van der Waals surface area contributed by atoms with Gasteiger partial charge in [0.1, 0.15) is 22.8 Å². The molecule has 0 saturated carbocycles. The number of benzene rings is 2. The topological polar surface area (TPSA) is 127 Å². The molecule has 3 aromatic rings. The molecule has 0 spiro atoms. The van der Waals surface area contributed by atoms with Gasteiger partial charge in [-0.05, 0) is 62.7 Å². The lowest BCUT2D eigenvalue weighted by Crippen LogP contribution is -2.38. The maximum Gasteiger partial charge on any atom is 0.337 e. The molecular formula is C25H25NO8. The highest BCUT2D eigenvalue weighted by Crippen LogP contribution is 2.32. The standard InChI is InChI=1S/C25H25NO8/c1-14-22(34-17-7-5-15(6-8-17)25(31)32-2)21(28)18-9-10-20(27)19(23(18)33-14)13-26-11-3-4-16(12-26)24(29)30/h5-10,16,27H,3-4,11-13H2,1-2H3,(H,29,30). The summed E-state index contributed by atoms with van der Waals surface area (Å²) in [5.41, 5.74) is 0.616. The molecule has 9 nitrogen and oxygen atoms in total. The summed E-state index contributed by atoms with van der Waals surface area (Å²) in [6, 6.07) is 9.05. The van der Waals surface area contributed by atoms with Crippen molar-refractivity contribution in [2.24, 2.45) is 5.92 Å². The van der Waals surface area contributed by atoms with Crippen molar-refractivity contribution in [1.29, 1.82) is 0 Å². The van der Waals surface area contributed by atoms with Gasteiger partial charge in [0, 0.05) is 13.1 Å². The molecule has 1 atom stereocenters. The first-order valence-corrected chi connectivity index (χ1v) is 10.9. The second kappa shape index (κ2) is 9.56. The molecule has 1 fully saturated rings.